The van der Waals surface area contributed by atoms with E-state index in [-0.39, 0.29) is 17.6 Å². The molecular formula is C15H21FN2O2. The summed E-state index contributed by atoms with van der Waals surface area (Å²) in [5.74, 6) is -0.265. The summed E-state index contributed by atoms with van der Waals surface area (Å²) in [4.78, 5) is 14.2. The van der Waals surface area contributed by atoms with E-state index in [1.54, 1.807) is 17.0 Å². The third-order valence-corrected chi connectivity index (χ3v) is 3.60. The van der Waals surface area contributed by atoms with Gasteiger partial charge in [0.1, 0.15) is 11.9 Å². The highest BCUT2D eigenvalue weighted by Gasteiger charge is 2.34. The van der Waals surface area contributed by atoms with Crippen molar-refractivity contribution in [3.63, 3.8) is 0 Å². The number of halogens is 1. The first-order valence-electron chi connectivity index (χ1n) is 7.02. The Morgan fingerprint density at radius 2 is 2.35 bits per heavy atom. The summed E-state index contributed by atoms with van der Waals surface area (Å²) in [5.41, 5.74) is 6.08. The molecule has 1 fully saturated rings. The Morgan fingerprint density at radius 1 is 1.55 bits per heavy atom. The topological polar surface area (TPSA) is 55.6 Å². The molecule has 110 valence electrons. The minimum Gasteiger partial charge on any atom is -0.368 e. The largest absolute Gasteiger partial charge is 0.368 e. The van der Waals surface area contributed by atoms with E-state index in [2.05, 4.69) is 0 Å². The van der Waals surface area contributed by atoms with Gasteiger partial charge in [-0.2, -0.15) is 0 Å². The van der Waals surface area contributed by atoms with Gasteiger partial charge in [0.15, 0.2) is 0 Å². The summed E-state index contributed by atoms with van der Waals surface area (Å²) in [6, 6.07) is 6.07. The van der Waals surface area contributed by atoms with Gasteiger partial charge in [-0.15, -0.1) is 0 Å². The summed E-state index contributed by atoms with van der Waals surface area (Å²) in [7, 11) is 0. The Hall–Kier alpha value is -1.46. The molecule has 2 rings (SSSR count). The van der Waals surface area contributed by atoms with E-state index < -0.39 is 6.10 Å². The molecule has 0 aromatic heterocycles. The molecule has 0 spiro atoms. The van der Waals surface area contributed by atoms with Crippen LogP contribution >= 0.6 is 0 Å². The average molecular weight is 280 g/mol. The van der Waals surface area contributed by atoms with Gasteiger partial charge in [-0.3, -0.25) is 4.79 Å². The lowest BCUT2D eigenvalue weighted by Crippen LogP contribution is -2.42. The zero-order valence-corrected chi connectivity index (χ0v) is 11.7. The Balaban J connectivity index is 2.20. The van der Waals surface area contributed by atoms with Gasteiger partial charge in [-0.1, -0.05) is 13.0 Å². The molecule has 20 heavy (non-hydrogen) atoms. The smallest absolute Gasteiger partial charge is 0.256 e. The van der Waals surface area contributed by atoms with Crippen LogP contribution in [0.2, 0.25) is 0 Å². The number of rotatable bonds is 5. The first-order valence-corrected chi connectivity index (χ1v) is 7.02. The molecule has 0 aliphatic carbocycles. The van der Waals surface area contributed by atoms with Crippen LogP contribution < -0.4 is 10.6 Å². The number of benzene rings is 1. The number of hydrogen-bond donors (Lipinski definition) is 1. The maximum absolute atomic E-state index is 13.4. The van der Waals surface area contributed by atoms with Gasteiger partial charge in [0.2, 0.25) is 0 Å². The van der Waals surface area contributed by atoms with Gasteiger partial charge in [0.05, 0.1) is 0 Å². The fraction of sp³-hybridized carbons (Fsp3) is 0.533. The maximum Gasteiger partial charge on any atom is 0.256 e. The summed E-state index contributed by atoms with van der Waals surface area (Å²) in [6.45, 7) is 3.57. The third kappa shape index (κ3) is 3.35. The molecule has 1 aromatic rings. The number of ether oxygens (including phenoxy) is 1. The van der Waals surface area contributed by atoms with E-state index in [4.69, 9.17) is 10.5 Å². The molecule has 1 aliphatic heterocycles. The Kier molecular flexibility index (Phi) is 5.09. The van der Waals surface area contributed by atoms with Crippen LogP contribution in [-0.2, 0) is 9.53 Å². The number of hydrogen-bond acceptors (Lipinski definition) is 3. The third-order valence-electron chi connectivity index (χ3n) is 3.60. The van der Waals surface area contributed by atoms with Gasteiger partial charge in [-0.25, -0.2) is 4.39 Å². The first kappa shape index (κ1) is 14.9. The second-order valence-electron chi connectivity index (χ2n) is 5.17. The van der Waals surface area contributed by atoms with Crippen molar-refractivity contribution in [3.05, 3.63) is 30.1 Å². The first-order chi connectivity index (χ1) is 9.63. The highest BCUT2D eigenvalue weighted by molar-refractivity contribution is 5.96. The van der Waals surface area contributed by atoms with Crippen molar-refractivity contribution < 1.29 is 13.9 Å². The van der Waals surface area contributed by atoms with Crippen molar-refractivity contribution in [2.24, 2.45) is 11.7 Å². The van der Waals surface area contributed by atoms with Crippen LogP contribution in [0, 0.1) is 11.7 Å². The van der Waals surface area contributed by atoms with Crippen LogP contribution in [0.25, 0.3) is 0 Å². The summed E-state index contributed by atoms with van der Waals surface area (Å²) in [6.07, 6.45) is 1.12. The lowest BCUT2D eigenvalue weighted by molar-refractivity contribution is -0.128. The summed E-state index contributed by atoms with van der Waals surface area (Å²) >= 11 is 0. The highest BCUT2D eigenvalue weighted by Crippen LogP contribution is 2.25. The molecule has 4 nitrogen and oxygen atoms in total. The lowest BCUT2D eigenvalue weighted by Gasteiger charge is -2.27. The van der Waals surface area contributed by atoms with E-state index in [9.17, 15) is 9.18 Å². The number of amides is 1. The SMILES string of the molecule is CC1CCOC1C(=O)N(CCCN)c1cccc(F)c1. The predicted octanol–water partition coefficient (Wildman–Crippen LogP) is 1.93. The van der Waals surface area contributed by atoms with E-state index in [1.807, 2.05) is 6.92 Å². The van der Waals surface area contributed by atoms with Gasteiger partial charge in [0.25, 0.3) is 5.91 Å². The number of anilines is 1. The standard InChI is InChI=1S/C15H21FN2O2/c1-11-6-9-20-14(11)15(19)18(8-3-7-17)13-5-2-4-12(16)10-13/h2,4-5,10-11,14H,3,6-9,17H2,1H3. The van der Waals surface area contributed by atoms with E-state index in [0.29, 0.717) is 31.8 Å². The molecule has 1 aromatic carbocycles. The fourth-order valence-electron chi connectivity index (χ4n) is 2.42. The summed E-state index contributed by atoms with van der Waals surface area (Å²) < 4.78 is 18.9. The minimum absolute atomic E-state index is 0.103. The Bertz CT molecular complexity index is 467. The van der Waals surface area contributed by atoms with Crippen LogP contribution in [0.3, 0.4) is 0 Å². The van der Waals surface area contributed by atoms with Crippen molar-refractivity contribution in [3.8, 4) is 0 Å². The van der Waals surface area contributed by atoms with Crippen LogP contribution in [0.1, 0.15) is 19.8 Å². The van der Waals surface area contributed by atoms with Crippen LogP contribution in [0.4, 0.5) is 10.1 Å². The second kappa shape index (κ2) is 6.81. The van der Waals surface area contributed by atoms with Gasteiger partial charge in [-0.05, 0) is 43.5 Å². The lowest BCUT2D eigenvalue weighted by atomic mass is 10.0. The van der Waals surface area contributed by atoms with Crippen LogP contribution in [-0.4, -0.2) is 31.7 Å². The molecule has 2 unspecified atom stereocenters. The van der Waals surface area contributed by atoms with E-state index in [1.165, 1.54) is 12.1 Å². The molecule has 0 radical (unpaired) electrons. The number of carbonyl (C=O) groups is 1. The van der Waals surface area contributed by atoms with Crippen molar-refractivity contribution in [2.45, 2.75) is 25.9 Å². The number of nitrogens with zero attached hydrogens (tertiary/aromatic N) is 1. The molecule has 5 heteroatoms. The van der Waals surface area contributed by atoms with Gasteiger partial charge < -0.3 is 15.4 Å². The molecule has 1 heterocycles. The molecule has 1 aliphatic rings. The monoisotopic (exact) mass is 280 g/mol. The van der Waals surface area contributed by atoms with Crippen molar-refractivity contribution in [1.29, 1.82) is 0 Å². The van der Waals surface area contributed by atoms with Crippen molar-refractivity contribution in [1.82, 2.24) is 0 Å². The second-order valence-corrected chi connectivity index (χ2v) is 5.17. The normalized spacial score (nSPS) is 21.9. The number of carbonyl (C=O) groups excluding carboxylic acids is 1. The Labute approximate surface area is 118 Å². The molecule has 0 saturated carbocycles. The van der Waals surface area contributed by atoms with E-state index in [0.717, 1.165) is 6.42 Å². The van der Waals surface area contributed by atoms with Crippen molar-refractivity contribution in [2.75, 3.05) is 24.6 Å². The molecule has 2 N–H and O–H groups in total. The average Bonchev–Trinajstić information content (AvgIpc) is 2.85. The number of nitrogens with two attached hydrogens (primary N) is 1. The highest BCUT2D eigenvalue weighted by atomic mass is 19.1. The van der Waals surface area contributed by atoms with Crippen molar-refractivity contribution >= 4 is 11.6 Å². The zero-order chi connectivity index (χ0) is 14.5. The Morgan fingerprint density at radius 3 is 2.95 bits per heavy atom. The molecule has 1 amide bonds. The quantitative estimate of drug-likeness (QED) is 0.896. The summed E-state index contributed by atoms with van der Waals surface area (Å²) in [5, 5.41) is 0. The molecule has 2 atom stereocenters. The van der Waals surface area contributed by atoms with Gasteiger partial charge >= 0.3 is 0 Å². The zero-order valence-electron chi connectivity index (χ0n) is 11.7. The molecule has 1 saturated heterocycles. The molecule has 0 bridgehead atoms. The molecular weight excluding hydrogens is 259 g/mol. The van der Waals surface area contributed by atoms with Crippen LogP contribution in [0.15, 0.2) is 24.3 Å². The van der Waals surface area contributed by atoms with E-state index >= 15 is 0 Å². The fourth-order valence-corrected chi connectivity index (χ4v) is 2.42. The maximum atomic E-state index is 13.4. The van der Waals surface area contributed by atoms with Crippen LogP contribution in [0.5, 0.6) is 0 Å². The minimum atomic E-state index is -0.434. The van der Waals surface area contributed by atoms with Gasteiger partial charge in [0, 0.05) is 18.8 Å². The predicted molar refractivity (Wildman–Crippen MR) is 75.9 cm³/mol.